The average molecular weight is 518 g/mol. The normalized spacial score (nSPS) is 18.0. The molecule has 0 atom stereocenters. The number of anilines is 2. The van der Waals surface area contributed by atoms with Crippen LogP contribution in [0.2, 0.25) is 0 Å². The summed E-state index contributed by atoms with van der Waals surface area (Å²) in [6.45, 7) is 5.27. The predicted octanol–water partition coefficient (Wildman–Crippen LogP) is 4.37. The zero-order chi connectivity index (χ0) is 26.4. The van der Waals surface area contributed by atoms with Crippen molar-refractivity contribution in [3.8, 4) is 0 Å². The predicted molar refractivity (Wildman–Crippen MR) is 138 cm³/mol. The topological polar surface area (TPSA) is 59.1 Å². The summed E-state index contributed by atoms with van der Waals surface area (Å²) in [5, 5.41) is 2.42. The van der Waals surface area contributed by atoms with Crippen LogP contribution < -0.4 is 10.2 Å². The molecule has 0 saturated carbocycles. The van der Waals surface area contributed by atoms with Gasteiger partial charge in [0.05, 0.1) is 11.3 Å². The SMILES string of the molecule is CN1CCN(CCC(=O)N(c2ccccc2)C2CCN(C(=O)Nc3ccccc3C(F)(F)F)CC2)CC1. The molecule has 2 aromatic carbocycles. The van der Waals surface area contributed by atoms with E-state index in [1.54, 1.807) is 0 Å². The lowest BCUT2D eigenvalue weighted by atomic mass is 10.0. The summed E-state index contributed by atoms with van der Waals surface area (Å²) in [6.07, 6.45) is -3.06. The van der Waals surface area contributed by atoms with E-state index in [2.05, 4.69) is 22.2 Å². The molecular weight excluding hydrogens is 483 g/mol. The molecule has 10 heteroatoms. The number of hydrogen-bond donors (Lipinski definition) is 1. The van der Waals surface area contributed by atoms with E-state index in [9.17, 15) is 22.8 Å². The molecule has 37 heavy (non-hydrogen) atoms. The van der Waals surface area contributed by atoms with Crippen LogP contribution in [0.5, 0.6) is 0 Å². The molecule has 200 valence electrons. The number of para-hydroxylation sites is 2. The number of likely N-dealkylation sites (tertiary alicyclic amines) is 1. The Balaban J connectivity index is 1.38. The molecule has 7 nitrogen and oxygen atoms in total. The minimum atomic E-state index is -4.56. The maximum Gasteiger partial charge on any atom is 0.418 e. The molecule has 2 aliphatic rings. The van der Waals surface area contributed by atoms with E-state index in [1.807, 2.05) is 35.2 Å². The molecule has 0 bridgehead atoms. The third kappa shape index (κ3) is 7.01. The molecular formula is C27H34F3N5O2. The van der Waals surface area contributed by atoms with Crippen LogP contribution in [0, 0.1) is 0 Å². The van der Waals surface area contributed by atoms with Crippen molar-refractivity contribution < 1.29 is 22.8 Å². The maximum atomic E-state index is 13.4. The third-order valence-corrected chi connectivity index (χ3v) is 7.13. The summed E-state index contributed by atoms with van der Waals surface area (Å²) in [5.41, 5.74) is -0.306. The van der Waals surface area contributed by atoms with E-state index in [-0.39, 0.29) is 17.6 Å². The Labute approximate surface area is 215 Å². The lowest BCUT2D eigenvalue weighted by molar-refractivity contribution is -0.137. The van der Waals surface area contributed by atoms with Crippen LogP contribution in [-0.2, 0) is 11.0 Å². The summed E-state index contributed by atoms with van der Waals surface area (Å²) in [6, 6.07) is 13.8. The number of amides is 3. The first-order chi connectivity index (χ1) is 17.7. The summed E-state index contributed by atoms with van der Waals surface area (Å²) >= 11 is 0. The smallest absolute Gasteiger partial charge is 0.324 e. The summed E-state index contributed by atoms with van der Waals surface area (Å²) < 4.78 is 39.9. The molecule has 2 saturated heterocycles. The van der Waals surface area contributed by atoms with Gasteiger partial charge in [0.2, 0.25) is 5.91 Å². The molecule has 3 amide bonds. The highest BCUT2D eigenvalue weighted by atomic mass is 19.4. The number of carbonyl (C=O) groups is 2. The number of piperidine rings is 1. The van der Waals surface area contributed by atoms with Gasteiger partial charge in [-0.2, -0.15) is 13.2 Å². The van der Waals surface area contributed by atoms with Gasteiger partial charge in [0.1, 0.15) is 0 Å². The van der Waals surface area contributed by atoms with Gasteiger partial charge in [-0.25, -0.2) is 4.79 Å². The first-order valence-corrected chi connectivity index (χ1v) is 12.7. The number of hydrogen-bond acceptors (Lipinski definition) is 4. The molecule has 0 aromatic heterocycles. The molecule has 0 radical (unpaired) electrons. The van der Waals surface area contributed by atoms with Gasteiger partial charge in [0, 0.05) is 64.0 Å². The van der Waals surface area contributed by atoms with Gasteiger partial charge in [0.25, 0.3) is 0 Å². The second-order valence-electron chi connectivity index (χ2n) is 9.69. The zero-order valence-corrected chi connectivity index (χ0v) is 21.1. The number of alkyl halides is 3. The molecule has 2 aromatic rings. The van der Waals surface area contributed by atoms with E-state index in [0.717, 1.165) is 37.9 Å². The molecule has 0 spiro atoms. The van der Waals surface area contributed by atoms with Crippen molar-refractivity contribution in [2.75, 3.05) is 63.1 Å². The largest absolute Gasteiger partial charge is 0.418 e. The number of benzene rings is 2. The van der Waals surface area contributed by atoms with Gasteiger partial charge in [-0.1, -0.05) is 30.3 Å². The average Bonchev–Trinajstić information content (AvgIpc) is 2.89. The van der Waals surface area contributed by atoms with E-state index in [1.165, 1.54) is 23.1 Å². The molecule has 0 aliphatic carbocycles. The van der Waals surface area contributed by atoms with Crippen molar-refractivity contribution in [3.63, 3.8) is 0 Å². The monoisotopic (exact) mass is 517 g/mol. The summed E-state index contributed by atoms with van der Waals surface area (Å²) in [5.74, 6) is 0.0483. The van der Waals surface area contributed by atoms with Crippen LogP contribution in [-0.4, -0.2) is 85.5 Å². The van der Waals surface area contributed by atoms with E-state index in [0.29, 0.717) is 38.9 Å². The number of urea groups is 1. The van der Waals surface area contributed by atoms with Gasteiger partial charge in [0.15, 0.2) is 0 Å². The number of likely N-dealkylation sites (N-methyl/N-ethyl adjacent to an activating group) is 1. The maximum absolute atomic E-state index is 13.4. The minimum absolute atomic E-state index is 0.0483. The Kier molecular flexibility index (Phi) is 8.71. The van der Waals surface area contributed by atoms with Gasteiger partial charge >= 0.3 is 12.2 Å². The minimum Gasteiger partial charge on any atom is -0.324 e. The van der Waals surface area contributed by atoms with Crippen molar-refractivity contribution in [1.82, 2.24) is 14.7 Å². The highest BCUT2D eigenvalue weighted by Gasteiger charge is 2.35. The van der Waals surface area contributed by atoms with Crippen molar-refractivity contribution in [3.05, 3.63) is 60.2 Å². The van der Waals surface area contributed by atoms with E-state index < -0.39 is 17.8 Å². The fourth-order valence-corrected chi connectivity index (χ4v) is 4.95. The molecule has 2 heterocycles. The van der Waals surface area contributed by atoms with Crippen molar-refractivity contribution in [2.24, 2.45) is 0 Å². The lowest BCUT2D eigenvalue weighted by Crippen LogP contribution is -2.51. The lowest BCUT2D eigenvalue weighted by Gasteiger charge is -2.39. The third-order valence-electron chi connectivity index (χ3n) is 7.13. The van der Waals surface area contributed by atoms with Crippen LogP contribution in [0.4, 0.5) is 29.3 Å². The summed E-state index contributed by atoms with van der Waals surface area (Å²) in [4.78, 5) is 34.2. The van der Waals surface area contributed by atoms with Crippen LogP contribution >= 0.6 is 0 Å². The van der Waals surface area contributed by atoms with Gasteiger partial charge in [-0.3, -0.25) is 4.79 Å². The highest BCUT2D eigenvalue weighted by molar-refractivity contribution is 5.94. The Morgan fingerprint density at radius 3 is 2.19 bits per heavy atom. The standard InChI is InChI=1S/C27H34F3N5O2/c1-32-17-19-33(20-18-32)14-13-25(36)35(21-7-3-2-4-8-21)22-11-15-34(16-12-22)26(37)31-24-10-6-5-9-23(24)27(28,29)30/h2-10,22H,11-20H2,1H3,(H,31,37). The Bertz CT molecular complexity index is 1050. The van der Waals surface area contributed by atoms with Gasteiger partial charge in [-0.05, 0) is 44.2 Å². The first-order valence-electron chi connectivity index (χ1n) is 12.7. The molecule has 0 unspecified atom stereocenters. The number of rotatable bonds is 6. The van der Waals surface area contributed by atoms with Crippen LogP contribution in [0.25, 0.3) is 0 Å². The van der Waals surface area contributed by atoms with Crippen molar-refractivity contribution in [1.29, 1.82) is 0 Å². The number of nitrogens with zero attached hydrogens (tertiary/aromatic N) is 4. The zero-order valence-electron chi connectivity index (χ0n) is 21.1. The Morgan fingerprint density at radius 2 is 1.54 bits per heavy atom. The number of piperazine rings is 1. The quantitative estimate of drug-likeness (QED) is 0.618. The Morgan fingerprint density at radius 1 is 0.919 bits per heavy atom. The van der Waals surface area contributed by atoms with Crippen LogP contribution in [0.1, 0.15) is 24.8 Å². The first kappa shape index (κ1) is 26.9. The van der Waals surface area contributed by atoms with Crippen molar-refractivity contribution >= 4 is 23.3 Å². The fourth-order valence-electron chi connectivity index (χ4n) is 4.95. The second-order valence-corrected chi connectivity index (χ2v) is 9.69. The Hall–Kier alpha value is -3.11. The van der Waals surface area contributed by atoms with Crippen molar-refractivity contribution in [2.45, 2.75) is 31.5 Å². The molecule has 4 rings (SSSR count). The number of halogens is 3. The highest BCUT2D eigenvalue weighted by Crippen LogP contribution is 2.35. The van der Waals surface area contributed by atoms with Gasteiger partial charge < -0.3 is 24.9 Å². The van der Waals surface area contributed by atoms with Crippen LogP contribution in [0.3, 0.4) is 0 Å². The molecule has 2 aliphatic heterocycles. The number of nitrogens with one attached hydrogen (secondary N) is 1. The summed E-state index contributed by atoms with van der Waals surface area (Å²) in [7, 11) is 2.10. The van der Waals surface area contributed by atoms with E-state index >= 15 is 0 Å². The number of carbonyl (C=O) groups excluding carboxylic acids is 2. The second kappa shape index (κ2) is 12.0. The molecule has 1 N–H and O–H groups in total. The van der Waals surface area contributed by atoms with Crippen LogP contribution in [0.15, 0.2) is 54.6 Å². The molecule has 2 fully saturated rings. The van der Waals surface area contributed by atoms with E-state index in [4.69, 9.17) is 0 Å². The van der Waals surface area contributed by atoms with Gasteiger partial charge in [-0.15, -0.1) is 0 Å². The fraction of sp³-hybridized carbons (Fsp3) is 0.481.